The summed E-state index contributed by atoms with van der Waals surface area (Å²) in [7, 11) is 0. The van der Waals surface area contributed by atoms with Crippen molar-refractivity contribution >= 4 is 40.3 Å². The summed E-state index contributed by atoms with van der Waals surface area (Å²) >= 11 is 2.20. The van der Waals surface area contributed by atoms with Gasteiger partial charge < -0.3 is 24.5 Å². The van der Waals surface area contributed by atoms with Crippen LogP contribution in [0.15, 0.2) is 0 Å². The molecule has 0 aliphatic rings. The maximum atomic E-state index is 10.4. The van der Waals surface area contributed by atoms with E-state index in [1.807, 2.05) is 0 Å². The minimum atomic E-state index is -0.995. The summed E-state index contributed by atoms with van der Waals surface area (Å²) < 4.78 is 9.10. The average Bonchev–Trinajstić information content (AvgIpc) is 2.49. The van der Waals surface area contributed by atoms with Crippen LogP contribution in [0.2, 0.25) is 0 Å². The second kappa shape index (κ2) is 26.5. The number of esters is 1. The van der Waals surface area contributed by atoms with Gasteiger partial charge in [-0.15, -0.1) is 0 Å². The predicted molar refractivity (Wildman–Crippen MR) is 84.5 cm³/mol. The fraction of sp³-hybridized carbons (Fsp3) is 0.733. The largest absolute Gasteiger partial charge is 0.466 e. The second-order valence-corrected chi connectivity index (χ2v) is 4.34. The molecule has 0 saturated heterocycles. The Hall–Kier alpha value is -1.43. The molecule has 24 heavy (non-hydrogen) atoms. The summed E-state index contributed by atoms with van der Waals surface area (Å²) in [4.78, 5) is 39.2. The molecule has 8 nitrogen and oxygen atoms in total. The van der Waals surface area contributed by atoms with Crippen molar-refractivity contribution in [2.45, 2.75) is 60.3 Å². The molecule has 0 spiro atoms. The fourth-order valence-corrected chi connectivity index (χ4v) is 0.769. The summed E-state index contributed by atoms with van der Waals surface area (Å²) in [6, 6.07) is 0. The predicted octanol–water partition coefficient (Wildman–Crippen LogP) is -0.682. The minimum absolute atomic E-state index is 0.103. The van der Waals surface area contributed by atoms with Gasteiger partial charge in [-0.3, -0.25) is 9.59 Å². The molecule has 0 amide bonds. The molecule has 0 radical (unpaired) electrons. The van der Waals surface area contributed by atoms with E-state index in [-0.39, 0.29) is 25.0 Å². The first-order valence-electron chi connectivity index (χ1n) is 7.48. The van der Waals surface area contributed by atoms with Crippen molar-refractivity contribution in [3.05, 3.63) is 0 Å². The van der Waals surface area contributed by atoms with Crippen LogP contribution in [-0.2, 0) is 27.7 Å². The molecule has 0 aromatic rings. The van der Waals surface area contributed by atoms with Crippen LogP contribution in [0.3, 0.4) is 0 Å². The van der Waals surface area contributed by atoms with E-state index in [1.165, 1.54) is 20.8 Å². The van der Waals surface area contributed by atoms with Crippen LogP contribution in [0, 0.1) is 0 Å². The van der Waals surface area contributed by atoms with Crippen LogP contribution in [0.25, 0.3) is 0 Å². The Morgan fingerprint density at radius 2 is 1.29 bits per heavy atom. The Labute approximate surface area is 152 Å². The summed E-state index contributed by atoms with van der Waals surface area (Å²) in [5.41, 5.74) is 0. The van der Waals surface area contributed by atoms with E-state index in [9.17, 15) is 29.4 Å². The van der Waals surface area contributed by atoms with E-state index < -0.39 is 17.9 Å². The van der Waals surface area contributed by atoms with Gasteiger partial charge in [0.2, 0.25) is 0 Å². The van der Waals surface area contributed by atoms with Crippen molar-refractivity contribution in [2.75, 3.05) is 13.2 Å². The number of Topliss-reactive ketones (excluding diaryl/α,β-unsaturated/α-hetero) is 1. The molecule has 0 aromatic carbocycles. The van der Waals surface area contributed by atoms with Crippen LogP contribution in [0.5, 0.6) is 0 Å². The maximum absolute atomic E-state index is 10.4. The number of carboxylic acid groups (broad SMARTS) is 2. The van der Waals surface area contributed by atoms with E-state index in [0.717, 1.165) is 13.0 Å². The molecule has 0 N–H and O–H groups in total. The molecule has 0 heterocycles. The van der Waals surface area contributed by atoms with E-state index >= 15 is 0 Å². The maximum Gasteiger partial charge on any atom is 0.313 e. The third kappa shape index (κ3) is 58.8. The summed E-state index contributed by atoms with van der Waals surface area (Å²) in [5.74, 6) is -2.59. The third-order valence-electron chi connectivity index (χ3n) is 1.60. The van der Waals surface area contributed by atoms with Crippen LogP contribution < -0.4 is 10.2 Å². The Balaban J connectivity index is -0.000000116. The van der Waals surface area contributed by atoms with Gasteiger partial charge in [-0.05, 0) is 26.7 Å². The fourth-order valence-electron chi connectivity index (χ4n) is 0.533. The van der Waals surface area contributed by atoms with Gasteiger partial charge in [-0.2, -0.15) is 0 Å². The van der Waals surface area contributed by atoms with Gasteiger partial charge in [-0.25, -0.2) is 0 Å². The molecule has 0 aliphatic heterocycles. The van der Waals surface area contributed by atoms with Crippen LogP contribution >= 0.6 is 0 Å². The number of rotatable bonds is 7. The smallest absolute Gasteiger partial charge is 0.313 e. The Bertz CT molecular complexity index is 315. The normalized spacial score (nSPS) is 8.12. The molecule has 0 unspecified atom stereocenters. The van der Waals surface area contributed by atoms with Crippen LogP contribution in [0.1, 0.15) is 60.3 Å². The zero-order chi connectivity index (χ0) is 20.0. The number of aliphatic carboxylic acids is 2. The van der Waals surface area contributed by atoms with Crippen molar-refractivity contribution in [1.29, 1.82) is 0 Å². The molecule has 0 aromatic heterocycles. The van der Waals surface area contributed by atoms with Gasteiger partial charge in [0.05, 0.1) is 6.61 Å². The summed E-state index contributed by atoms with van der Waals surface area (Å²) in [6.07, 6.45) is 1.22. The number of hydrogen-bond acceptors (Lipinski definition) is 8. The van der Waals surface area contributed by atoms with Gasteiger partial charge in [-0.1, -0.05) is 13.8 Å². The number of hydrogen-bond donors (Lipinski definition) is 0. The Morgan fingerprint density at radius 3 is 1.42 bits per heavy atom. The summed E-state index contributed by atoms with van der Waals surface area (Å²) in [5, 5.41) is 18.5. The van der Waals surface area contributed by atoms with Gasteiger partial charge in [0.1, 0.15) is 12.2 Å². The standard InChI is InChI=1S/C6H10O3.2C3H6O2.C3H7O.Al/c1-3-9-6(8)4-5(2)7;2*1-2-3(4)5;1-2-3-4;/h3-4H2,1-2H3;2*2H2,1H3,(H,4,5);2-3H2,1H3;/q;;;-1;+3/p-2. The van der Waals surface area contributed by atoms with E-state index in [2.05, 4.69) is 32.1 Å². The quantitative estimate of drug-likeness (QED) is 0.330. The second-order valence-electron chi connectivity index (χ2n) is 4.01. The molecule has 0 bridgehead atoms. The van der Waals surface area contributed by atoms with E-state index in [4.69, 9.17) is 0 Å². The van der Waals surface area contributed by atoms with Gasteiger partial charge >= 0.3 is 46.3 Å². The van der Waals surface area contributed by atoms with Gasteiger partial charge in [0.15, 0.2) is 0 Å². The molecule has 0 fully saturated rings. The number of carbonyl (C=O) groups excluding carboxylic acids is 4. The first-order valence-corrected chi connectivity index (χ1v) is 7.96. The monoisotopic (exact) mass is 362 g/mol. The number of carbonyl (C=O) groups is 4. The van der Waals surface area contributed by atoms with E-state index in [0.29, 0.717) is 6.61 Å². The van der Waals surface area contributed by atoms with Crippen LogP contribution in [0.4, 0.5) is 0 Å². The number of ether oxygens (including phenoxy) is 1. The molecular formula is C15H27AlO8. The first-order chi connectivity index (χ1) is 11.1. The number of carboxylic acids is 2. The topological polar surface area (TPSA) is 133 Å². The number of ketones is 1. The van der Waals surface area contributed by atoms with Gasteiger partial charge in [0, 0.05) is 11.9 Å². The molecule has 0 atom stereocenters. The van der Waals surface area contributed by atoms with Gasteiger partial charge in [0.25, 0.3) is 0 Å². The van der Waals surface area contributed by atoms with Crippen molar-refractivity contribution in [3.63, 3.8) is 0 Å². The van der Waals surface area contributed by atoms with Crippen molar-refractivity contribution in [2.24, 2.45) is 0 Å². The molecule has 0 rings (SSSR count). The molecule has 0 saturated carbocycles. The molecule has 0 aliphatic carbocycles. The molecule has 9 heteroatoms. The van der Waals surface area contributed by atoms with Crippen LogP contribution in [-0.4, -0.2) is 53.5 Å². The van der Waals surface area contributed by atoms with E-state index in [1.54, 1.807) is 6.92 Å². The Morgan fingerprint density at radius 1 is 0.917 bits per heavy atom. The van der Waals surface area contributed by atoms with Crippen molar-refractivity contribution in [1.82, 2.24) is 0 Å². The summed E-state index contributed by atoms with van der Waals surface area (Å²) in [6.45, 7) is 9.40. The molecular weight excluding hydrogens is 335 g/mol. The van der Waals surface area contributed by atoms with Crippen molar-refractivity contribution in [3.8, 4) is 0 Å². The minimum Gasteiger partial charge on any atom is -0.466 e. The van der Waals surface area contributed by atoms with Crippen molar-refractivity contribution < 1.29 is 37.9 Å². The third-order valence-corrected chi connectivity index (χ3v) is 1.83. The molecule has 138 valence electrons. The zero-order valence-electron chi connectivity index (χ0n) is 15.1. The first kappa shape index (κ1) is 30.5. The average molecular weight is 362 g/mol. The Kier molecular flexibility index (Phi) is 33.6. The zero-order valence-corrected chi connectivity index (χ0v) is 16.2. The SMILES string of the molecule is CCC(=O)[O-].CCC(=O)[O-].CCC[O][Al+2].CCOC(=O)CC(C)=O.